The summed E-state index contributed by atoms with van der Waals surface area (Å²) >= 11 is 1.64. The Labute approximate surface area is 167 Å². The van der Waals surface area contributed by atoms with E-state index in [4.69, 9.17) is 14.1 Å². The van der Waals surface area contributed by atoms with E-state index in [-0.39, 0.29) is 5.63 Å². The Morgan fingerprint density at radius 2 is 2.00 bits per heavy atom. The highest BCUT2D eigenvalue weighted by molar-refractivity contribution is 7.98. The number of benzene rings is 2. The molecule has 0 bridgehead atoms. The summed E-state index contributed by atoms with van der Waals surface area (Å²) in [5.74, 6) is 1.81. The second kappa shape index (κ2) is 7.72. The van der Waals surface area contributed by atoms with Crippen LogP contribution in [0.15, 0.2) is 62.9 Å². The predicted molar refractivity (Wildman–Crippen MR) is 113 cm³/mol. The standard InChI is InChI=1S/C22H22N2O3S/c1-14(2)12-24-19-7-5-4-6-18(19)23-22(24)28-13-15-10-21(25)27-20-11-16(26-3)8-9-17(15)20/h4-11,14H,12-13H2,1-3H3. The summed E-state index contributed by atoms with van der Waals surface area (Å²) < 4.78 is 12.9. The van der Waals surface area contributed by atoms with Gasteiger partial charge in [-0.1, -0.05) is 37.7 Å². The number of fused-ring (bicyclic) bond motifs is 2. The zero-order valence-corrected chi connectivity index (χ0v) is 17.0. The van der Waals surface area contributed by atoms with E-state index in [9.17, 15) is 4.79 Å². The smallest absolute Gasteiger partial charge is 0.336 e. The molecule has 2 aromatic carbocycles. The lowest BCUT2D eigenvalue weighted by Crippen LogP contribution is -2.06. The fourth-order valence-electron chi connectivity index (χ4n) is 3.30. The summed E-state index contributed by atoms with van der Waals surface area (Å²) in [4.78, 5) is 16.8. The Bertz CT molecular complexity index is 1190. The van der Waals surface area contributed by atoms with Crippen LogP contribution < -0.4 is 10.4 Å². The van der Waals surface area contributed by atoms with Crippen molar-refractivity contribution in [3.05, 3.63) is 64.5 Å². The summed E-state index contributed by atoms with van der Waals surface area (Å²) in [7, 11) is 1.60. The molecule has 4 rings (SSSR count). The van der Waals surface area contributed by atoms with Gasteiger partial charge in [-0.15, -0.1) is 0 Å². The van der Waals surface area contributed by atoms with Gasteiger partial charge >= 0.3 is 5.63 Å². The lowest BCUT2D eigenvalue weighted by Gasteiger charge is -2.12. The minimum Gasteiger partial charge on any atom is -0.497 e. The quantitative estimate of drug-likeness (QED) is 0.336. The van der Waals surface area contributed by atoms with Crippen molar-refractivity contribution < 1.29 is 9.15 Å². The number of hydrogen-bond acceptors (Lipinski definition) is 5. The van der Waals surface area contributed by atoms with Gasteiger partial charge in [-0.3, -0.25) is 0 Å². The molecule has 4 aromatic rings. The van der Waals surface area contributed by atoms with Crippen molar-refractivity contribution >= 4 is 33.8 Å². The molecule has 0 aliphatic heterocycles. The van der Waals surface area contributed by atoms with Crippen LogP contribution in [-0.4, -0.2) is 16.7 Å². The second-order valence-corrected chi connectivity index (χ2v) is 8.07. The molecular weight excluding hydrogens is 372 g/mol. The Hall–Kier alpha value is -2.73. The largest absolute Gasteiger partial charge is 0.497 e. The summed E-state index contributed by atoms with van der Waals surface area (Å²) in [5.41, 5.74) is 3.25. The number of rotatable bonds is 6. The SMILES string of the molecule is COc1ccc2c(CSc3nc4ccccc4n3CC(C)C)cc(=O)oc2c1. The zero-order chi connectivity index (χ0) is 19.7. The molecule has 0 spiro atoms. The topological polar surface area (TPSA) is 57.3 Å². The number of methoxy groups -OCH3 is 1. The number of para-hydroxylation sites is 2. The minimum atomic E-state index is -0.355. The van der Waals surface area contributed by atoms with E-state index >= 15 is 0 Å². The molecule has 6 heteroatoms. The van der Waals surface area contributed by atoms with Crippen molar-refractivity contribution in [2.45, 2.75) is 31.3 Å². The first-order chi connectivity index (χ1) is 13.5. The Morgan fingerprint density at radius 3 is 2.79 bits per heavy atom. The molecule has 0 aliphatic carbocycles. The molecule has 0 atom stereocenters. The monoisotopic (exact) mass is 394 g/mol. The first-order valence-electron chi connectivity index (χ1n) is 9.24. The highest BCUT2D eigenvalue weighted by Crippen LogP contribution is 2.30. The second-order valence-electron chi connectivity index (χ2n) is 7.13. The fraction of sp³-hybridized carbons (Fsp3) is 0.273. The van der Waals surface area contributed by atoms with Crippen LogP contribution in [0.3, 0.4) is 0 Å². The van der Waals surface area contributed by atoms with Crippen molar-refractivity contribution in [3.63, 3.8) is 0 Å². The normalized spacial score (nSPS) is 11.6. The minimum absolute atomic E-state index is 0.355. The molecule has 0 N–H and O–H groups in total. The van der Waals surface area contributed by atoms with E-state index in [0.717, 1.165) is 33.7 Å². The summed E-state index contributed by atoms with van der Waals surface area (Å²) in [6.07, 6.45) is 0. The highest BCUT2D eigenvalue weighted by Gasteiger charge is 2.14. The number of thioether (sulfide) groups is 1. The van der Waals surface area contributed by atoms with Crippen LogP contribution in [0.1, 0.15) is 19.4 Å². The van der Waals surface area contributed by atoms with Crippen LogP contribution in [-0.2, 0) is 12.3 Å². The number of ether oxygens (including phenoxy) is 1. The van der Waals surface area contributed by atoms with E-state index in [1.54, 1.807) is 31.0 Å². The van der Waals surface area contributed by atoms with Gasteiger partial charge in [0, 0.05) is 29.8 Å². The maximum Gasteiger partial charge on any atom is 0.336 e. The summed E-state index contributed by atoms with van der Waals surface area (Å²) in [6.45, 7) is 5.30. The van der Waals surface area contributed by atoms with Crippen molar-refractivity contribution in [2.24, 2.45) is 5.92 Å². The molecule has 2 aromatic heterocycles. The van der Waals surface area contributed by atoms with Gasteiger partial charge in [0.2, 0.25) is 0 Å². The third-order valence-corrected chi connectivity index (χ3v) is 5.59. The third-order valence-electron chi connectivity index (χ3n) is 4.56. The molecule has 0 saturated carbocycles. The Balaban J connectivity index is 1.71. The van der Waals surface area contributed by atoms with Gasteiger partial charge in [0.25, 0.3) is 0 Å². The van der Waals surface area contributed by atoms with Crippen LogP contribution in [0.2, 0.25) is 0 Å². The molecular formula is C22H22N2O3S. The van der Waals surface area contributed by atoms with Crippen molar-refractivity contribution in [1.82, 2.24) is 9.55 Å². The molecule has 2 heterocycles. The zero-order valence-electron chi connectivity index (χ0n) is 16.1. The molecule has 0 unspecified atom stereocenters. The van der Waals surface area contributed by atoms with Gasteiger partial charge < -0.3 is 13.7 Å². The summed E-state index contributed by atoms with van der Waals surface area (Å²) in [6, 6.07) is 15.3. The lowest BCUT2D eigenvalue weighted by atomic mass is 10.1. The fourth-order valence-corrected chi connectivity index (χ4v) is 4.32. The number of hydrogen-bond donors (Lipinski definition) is 0. The molecule has 0 radical (unpaired) electrons. The van der Waals surface area contributed by atoms with Gasteiger partial charge in [0.15, 0.2) is 5.16 Å². The van der Waals surface area contributed by atoms with Gasteiger partial charge in [-0.2, -0.15) is 0 Å². The summed E-state index contributed by atoms with van der Waals surface area (Å²) in [5, 5.41) is 1.88. The van der Waals surface area contributed by atoms with Gasteiger partial charge in [0.1, 0.15) is 11.3 Å². The maximum absolute atomic E-state index is 12.0. The van der Waals surface area contributed by atoms with Crippen molar-refractivity contribution in [2.75, 3.05) is 7.11 Å². The number of aromatic nitrogens is 2. The van der Waals surface area contributed by atoms with E-state index in [1.807, 2.05) is 30.3 Å². The van der Waals surface area contributed by atoms with Crippen LogP contribution in [0.4, 0.5) is 0 Å². The lowest BCUT2D eigenvalue weighted by molar-refractivity contribution is 0.414. The third kappa shape index (κ3) is 3.64. The van der Waals surface area contributed by atoms with Gasteiger partial charge in [-0.25, -0.2) is 9.78 Å². The van der Waals surface area contributed by atoms with E-state index < -0.39 is 0 Å². The maximum atomic E-state index is 12.0. The van der Waals surface area contributed by atoms with Crippen LogP contribution in [0, 0.1) is 5.92 Å². The van der Waals surface area contributed by atoms with Crippen molar-refractivity contribution in [3.8, 4) is 5.75 Å². The van der Waals surface area contributed by atoms with E-state index in [1.165, 1.54) is 0 Å². The average molecular weight is 394 g/mol. The Morgan fingerprint density at radius 1 is 1.18 bits per heavy atom. The average Bonchev–Trinajstić information content (AvgIpc) is 3.02. The van der Waals surface area contributed by atoms with Crippen LogP contribution >= 0.6 is 11.8 Å². The van der Waals surface area contributed by atoms with Crippen LogP contribution in [0.5, 0.6) is 5.75 Å². The van der Waals surface area contributed by atoms with Gasteiger partial charge in [0.05, 0.1) is 18.1 Å². The van der Waals surface area contributed by atoms with Gasteiger partial charge in [-0.05, 0) is 35.7 Å². The Kier molecular flexibility index (Phi) is 5.13. The molecule has 0 fully saturated rings. The molecule has 0 saturated heterocycles. The number of nitrogens with zero attached hydrogens (tertiary/aromatic N) is 2. The molecule has 28 heavy (non-hydrogen) atoms. The predicted octanol–water partition coefficient (Wildman–Crippen LogP) is 5.10. The molecule has 5 nitrogen and oxygen atoms in total. The van der Waals surface area contributed by atoms with Crippen molar-refractivity contribution in [1.29, 1.82) is 0 Å². The molecule has 0 amide bonds. The van der Waals surface area contributed by atoms with E-state index in [0.29, 0.717) is 23.0 Å². The van der Waals surface area contributed by atoms with Crippen LogP contribution in [0.25, 0.3) is 22.0 Å². The molecule has 0 aliphatic rings. The number of imidazole rings is 1. The van der Waals surface area contributed by atoms with E-state index in [2.05, 4.69) is 24.5 Å². The first-order valence-corrected chi connectivity index (χ1v) is 10.2. The molecule has 144 valence electrons. The first kappa shape index (κ1) is 18.6. The highest BCUT2D eigenvalue weighted by atomic mass is 32.2.